The molecular formula is C24H19ClN6O. The lowest BCUT2D eigenvalue weighted by molar-refractivity contribution is 0.0943. The minimum Gasteiger partial charge on any atom is -0.341 e. The minimum atomic E-state index is -0.342. The molecule has 1 atom stereocenters. The van der Waals surface area contributed by atoms with E-state index in [1.165, 1.54) is 0 Å². The van der Waals surface area contributed by atoms with Crippen molar-refractivity contribution < 1.29 is 4.79 Å². The lowest BCUT2D eigenvalue weighted by atomic mass is 9.99. The summed E-state index contributed by atoms with van der Waals surface area (Å²) in [5, 5.41) is 12.2. The number of halogens is 1. The third-order valence-electron chi connectivity index (χ3n) is 5.40. The molecule has 8 heteroatoms. The Kier molecular flexibility index (Phi) is 5.17. The summed E-state index contributed by atoms with van der Waals surface area (Å²) in [7, 11) is 1.92. The van der Waals surface area contributed by atoms with Crippen molar-refractivity contribution in [1.29, 1.82) is 0 Å². The lowest BCUT2D eigenvalue weighted by Crippen LogP contribution is -2.29. The Bertz CT molecular complexity index is 1390. The van der Waals surface area contributed by atoms with Gasteiger partial charge >= 0.3 is 0 Å². The van der Waals surface area contributed by atoms with Gasteiger partial charge in [-0.25, -0.2) is 4.98 Å². The van der Waals surface area contributed by atoms with Gasteiger partial charge in [0.2, 0.25) is 0 Å². The molecule has 0 radical (unpaired) electrons. The zero-order valence-electron chi connectivity index (χ0n) is 17.2. The highest BCUT2D eigenvalue weighted by Gasteiger charge is 2.19. The molecule has 7 nitrogen and oxygen atoms in total. The van der Waals surface area contributed by atoms with Crippen LogP contribution in [0, 0.1) is 0 Å². The Balaban J connectivity index is 1.47. The van der Waals surface area contributed by atoms with Crippen molar-refractivity contribution in [3.63, 3.8) is 0 Å². The first-order valence-corrected chi connectivity index (χ1v) is 10.4. The van der Waals surface area contributed by atoms with Gasteiger partial charge in [-0.15, -0.1) is 0 Å². The number of fused-ring (bicyclic) bond motifs is 1. The zero-order chi connectivity index (χ0) is 22.1. The van der Waals surface area contributed by atoms with Crippen molar-refractivity contribution in [2.24, 2.45) is 7.05 Å². The Hall–Kier alpha value is -3.97. The van der Waals surface area contributed by atoms with Gasteiger partial charge in [0, 0.05) is 35.4 Å². The fourth-order valence-corrected chi connectivity index (χ4v) is 3.85. The molecule has 0 saturated heterocycles. The van der Waals surface area contributed by atoms with E-state index in [1.807, 2.05) is 60.1 Å². The number of hydrogen-bond donors (Lipinski definition) is 2. The molecule has 1 unspecified atom stereocenters. The highest BCUT2D eigenvalue weighted by Crippen LogP contribution is 2.27. The van der Waals surface area contributed by atoms with E-state index < -0.39 is 0 Å². The molecule has 0 spiro atoms. The van der Waals surface area contributed by atoms with Crippen LogP contribution in [0.1, 0.15) is 27.5 Å². The monoisotopic (exact) mass is 442 g/mol. The van der Waals surface area contributed by atoms with Crippen LogP contribution in [0.3, 0.4) is 0 Å². The van der Waals surface area contributed by atoms with E-state index in [9.17, 15) is 4.79 Å². The quantitative estimate of drug-likeness (QED) is 0.418. The number of aryl methyl sites for hydroxylation is 1. The molecule has 0 bridgehead atoms. The summed E-state index contributed by atoms with van der Waals surface area (Å²) in [6.45, 7) is 0. The predicted octanol–water partition coefficient (Wildman–Crippen LogP) is 4.53. The van der Waals surface area contributed by atoms with Gasteiger partial charge < -0.3 is 9.88 Å². The molecule has 2 N–H and O–H groups in total. The van der Waals surface area contributed by atoms with Crippen molar-refractivity contribution in [3.05, 3.63) is 101 Å². The Morgan fingerprint density at radius 2 is 1.78 bits per heavy atom. The van der Waals surface area contributed by atoms with E-state index >= 15 is 0 Å². The van der Waals surface area contributed by atoms with Crippen LogP contribution in [0.2, 0.25) is 5.02 Å². The third-order valence-corrected chi connectivity index (χ3v) is 5.65. The Labute approximate surface area is 189 Å². The number of nitrogens with one attached hydrogen (secondary N) is 2. The molecule has 0 aliphatic heterocycles. The normalized spacial score (nSPS) is 12.1. The topological polar surface area (TPSA) is 88.5 Å². The number of aromatic nitrogens is 5. The van der Waals surface area contributed by atoms with Crippen LogP contribution >= 0.6 is 11.6 Å². The second kappa shape index (κ2) is 8.28. The second-order valence-corrected chi connectivity index (χ2v) is 7.90. The summed E-state index contributed by atoms with van der Waals surface area (Å²) < 4.78 is 1.90. The van der Waals surface area contributed by atoms with Crippen LogP contribution in [-0.4, -0.2) is 30.6 Å². The summed E-state index contributed by atoms with van der Waals surface area (Å²) in [4.78, 5) is 21.4. The van der Waals surface area contributed by atoms with Crippen LogP contribution < -0.4 is 5.32 Å². The number of pyridine rings is 1. The number of aromatic amines is 1. The van der Waals surface area contributed by atoms with Crippen LogP contribution in [0.4, 0.5) is 0 Å². The average Bonchev–Trinajstić information content (AvgIpc) is 3.43. The van der Waals surface area contributed by atoms with E-state index in [1.54, 1.807) is 31.0 Å². The summed E-state index contributed by atoms with van der Waals surface area (Å²) in [6.07, 6.45) is 6.91. The molecule has 0 fully saturated rings. The predicted molar refractivity (Wildman–Crippen MR) is 123 cm³/mol. The minimum absolute atomic E-state index is 0.194. The molecule has 0 saturated carbocycles. The molecule has 3 heterocycles. The summed E-state index contributed by atoms with van der Waals surface area (Å²) >= 11 is 6.06. The van der Waals surface area contributed by atoms with E-state index in [-0.39, 0.29) is 11.9 Å². The van der Waals surface area contributed by atoms with E-state index in [0.29, 0.717) is 10.6 Å². The number of H-pyrrole nitrogens is 1. The number of amides is 1. The maximum absolute atomic E-state index is 13.2. The number of hydrogen-bond acceptors (Lipinski definition) is 4. The zero-order valence-corrected chi connectivity index (χ0v) is 17.9. The maximum Gasteiger partial charge on any atom is 0.252 e. The highest BCUT2D eigenvalue weighted by molar-refractivity contribution is 6.30. The van der Waals surface area contributed by atoms with Gasteiger partial charge in [0.05, 0.1) is 29.8 Å². The number of benzene rings is 2. The van der Waals surface area contributed by atoms with Crippen LogP contribution in [0.25, 0.3) is 22.3 Å². The average molecular weight is 443 g/mol. The first kappa shape index (κ1) is 20.0. The number of carbonyl (C=O) groups is 1. The lowest BCUT2D eigenvalue weighted by Gasteiger charge is -2.20. The smallest absolute Gasteiger partial charge is 0.252 e. The van der Waals surface area contributed by atoms with Gasteiger partial charge in [-0.05, 0) is 53.6 Å². The fourth-order valence-electron chi connectivity index (χ4n) is 3.73. The van der Waals surface area contributed by atoms with Crippen molar-refractivity contribution in [1.82, 2.24) is 30.0 Å². The molecule has 0 aliphatic rings. The molecule has 5 aromatic rings. The van der Waals surface area contributed by atoms with Crippen molar-refractivity contribution in [2.45, 2.75) is 6.04 Å². The van der Waals surface area contributed by atoms with Crippen LogP contribution in [0.15, 0.2) is 79.5 Å². The SMILES string of the molecule is Cn1cncc1-c1n[nH]c2cc(C(=O)NC(c3ccncc3)c3ccc(Cl)cc3)ccc12. The van der Waals surface area contributed by atoms with Gasteiger partial charge in [0.1, 0.15) is 5.69 Å². The number of rotatable bonds is 5. The van der Waals surface area contributed by atoms with Gasteiger partial charge in [-0.1, -0.05) is 23.7 Å². The number of carbonyl (C=O) groups excluding carboxylic acids is 1. The number of imidazole rings is 1. The standard InChI is InChI=1S/C24H19ClN6O/c1-31-14-27-13-21(31)23-19-7-4-17(12-20(19)29-30-23)24(32)28-22(16-8-10-26-11-9-16)15-2-5-18(25)6-3-15/h2-14,22H,1H3,(H,28,32)(H,29,30). The van der Waals surface area contributed by atoms with E-state index in [2.05, 4.69) is 25.5 Å². The molecule has 5 rings (SSSR count). The highest BCUT2D eigenvalue weighted by atomic mass is 35.5. The fraction of sp³-hybridized carbons (Fsp3) is 0.0833. The molecule has 2 aromatic carbocycles. The summed E-state index contributed by atoms with van der Waals surface area (Å²) in [5.74, 6) is -0.194. The van der Waals surface area contributed by atoms with Crippen molar-refractivity contribution in [2.75, 3.05) is 0 Å². The molecule has 0 aliphatic carbocycles. The summed E-state index contributed by atoms with van der Waals surface area (Å²) in [6, 6.07) is 16.4. The summed E-state index contributed by atoms with van der Waals surface area (Å²) in [5.41, 5.74) is 4.86. The van der Waals surface area contributed by atoms with Crippen molar-refractivity contribution in [3.8, 4) is 11.4 Å². The molecule has 3 aromatic heterocycles. The largest absolute Gasteiger partial charge is 0.341 e. The van der Waals surface area contributed by atoms with Crippen LogP contribution in [-0.2, 0) is 7.05 Å². The van der Waals surface area contributed by atoms with E-state index in [4.69, 9.17) is 11.6 Å². The van der Waals surface area contributed by atoms with E-state index in [0.717, 1.165) is 33.4 Å². The number of nitrogens with zero attached hydrogens (tertiary/aromatic N) is 4. The molecule has 32 heavy (non-hydrogen) atoms. The first-order valence-electron chi connectivity index (χ1n) is 10.0. The Morgan fingerprint density at radius 3 is 2.50 bits per heavy atom. The van der Waals surface area contributed by atoms with Crippen molar-refractivity contribution >= 4 is 28.4 Å². The van der Waals surface area contributed by atoms with Crippen LogP contribution in [0.5, 0.6) is 0 Å². The molecular weight excluding hydrogens is 424 g/mol. The molecule has 158 valence electrons. The van der Waals surface area contributed by atoms with Gasteiger partial charge in [0.15, 0.2) is 0 Å². The van der Waals surface area contributed by atoms with Gasteiger partial charge in [-0.2, -0.15) is 5.10 Å². The first-order chi connectivity index (χ1) is 15.6. The second-order valence-electron chi connectivity index (χ2n) is 7.46. The Morgan fingerprint density at radius 1 is 1.03 bits per heavy atom. The van der Waals surface area contributed by atoms with Gasteiger partial charge in [-0.3, -0.25) is 14.9 Å². The van der Waals surface area contributed by atoms with Gasteiger partial charge in [0.25, 0.3) is 5.91 Å². The maximum atomic E-state index is 13.2. The third kappa shape index (κ3) is 3.74. The molecule has 1 amide bonds.